The molecule has 4 rings (SSSR count). The van der Waals surface area contributed by atoms with Gasteiger partial charge in [-0.25, -0.2) is 4.79 Å². The second-order valence-corrected chi connectivity index (χ2v) is 8.96. The van der Waals surface area contributed by atoms with E-state index in [0.29, 0.717) is 16.9 Å². The zero-order valence-corrected chi connectivity index (χ0v) is 19.9. The van der Waals surface area contributed by atoms with E-state index in [4.69, 9.17) is 9.47 Å². The van der Waals surface area contributed by atoms with Gasteiger partial charge < -0.3 is 9.47 Å². The van der Waals surface area contributed by atoms with Gasteiger partial charge in [-0.1, -0.05) is 46.3 Å². The van der Waals surface area contributed by atoms with Gasteiger partial charge in [0.2, 0.25) is 0 Å². The Kier molecular flexibility index (Phi) is 6.96. The lowest BCUT2D eigenvalue weighted by atomic mass is 10.1. The Morgan fingerprint density at radius 1 is 1.00 bits per heavy atom. The van der Waals surface area contributed by atoms with E-state index in [1.54, 1.807) is 61.7 Å². The van der Waals surface area contributed by atoms with Crippen LogP contribution >= 0.6 is 27.7 Å². The number of nitrogens with zero attached hydrogens (tertiary/aromatic N) is 1. The van der Waals surface area contributed by atoms with Crippen LogP contribution in [0.2, 0.25) is 0 Å². The number of amides is 2. The van der Waals surface area contributed by atoms with Crippen molar-refractivity contribution in [3.8, 4) is 11.5 Å². The molecule has 1 heterocycles. The molecule has 1 fully saturated rings. The molecule has 0 atom stereocenters. The van der Waals surface area contributed by atoms with Crippen molar-refractivity contribution in [1.29, 1.82) is 0 Å². The number of esters is 1. The normalized spacial score (nSPS) is 14.6. The summed E-state index contributed by atoms with van der Waals surface area (Å²) in [6, 6.07) is 20.8. The van der Waals surface area contributed by atoms with Crippen molar-refractivity contribution < 1.29 is 23.9 Å². The van der Waals surface area contributed by atoms with Crippen LogP contribution < -0.4 is 9.47 Å². The minimum absolute atomic E-state index is 0.184. The number of carbonyl (C=O) groups excluding carboxylic acids is 3. The van der Waals surface area contributed by atoms with Gasteiger partial charge in [-0.2, -0.15) is 0 Å². The van der Waals surface area contributed by atoms with E-state index in [2.05, 4.69) is 15.9 Å². The summed E-state index contributed by atoms with van der Waals surface area (Å²) < 4.78 is 11.6. The van der Waals surface area contributed by atoms with Crippen LogP contribution in [0.1, 0.15) is 21.5 Å². The van der Waals surface area contributed by atoms with Crippen LogP contribution in [0.3, 0.4) is 0 Å². The number of ether oxygens (including phenoxy) is 2. The fourth-order valence-corrected chi connectivity index (χ4v) is 4.22. The van der Waals surface area contributed by atoms with Crippen LogP contribution in [0.5, 0.6) is 11.5 Å². The first kappa shape index (κ1) is 22.8. The smallest absolute Gasteiger partial charge is 0.343 e. The van der Waals surface area contributed by atoms with Gasteiger partial charge in [-0.15, -0.1) is 0 Å². The summed E-state index contributed by atoms with van der Waals surface area (Å²) in [4.78, 5) is 39.4. The highest BCUT2D eigenvalue weighted by atomic mass is 79.9. The van der Waals surface area contributed by atoms with Crippen molar-refractivity contribution in [1.82, 2.24) is 4.90 Å². The number of rotatable bonds is 6. The molecular weight excluding hydrogens is 506 g/mol. The SMILES string of the molecule is COc1ccc(C(=O)Oc2ccccc2/C=C2\SC(=O)N(Cc3ccc(Br)cc3)C2=O)cc1. The summed E-state index contributed by atoms with van der Waals surface area (Å²) in [5, 5.41) is -0.345. The zero-order valence-electron chi connectivity index (χ0n) is 17.5. The minimum Gasteiger partial charge on any atom is -0.497 e. The fourth-order valence-electron chi connectivity index (χ4n) is 3.13. The average Bonchev–Trinajstić information content (AvgIpc) is 3.09. The maximum atomic E-state index is 12.9. The van der Waals surface area contributed by atoms with Gasteiger partial charge in [-0.05, 0) is 65.9 Å². The van der Waals surface area contributed by atoms with Gasteiger partial charge >= 0.3 is 5.97 Å². The molecule has 0 unspecified atom stereocenters. The quantitative estimate of drug-likeness (QED) is 0.227. The summed E-state index contributed by atoms with van der Waals surface area (Å²) in [6.45, 7) is 0.184. The molecule has 2 amide bonds. The number of thioether (sulfide) groups is 1. The minimum atomic E-state index is -0.540. The first-order valence-electron chi connectivity index (χ1n) is 9.89. The standard InChI is InChI=1S/C25H18BrNO5S/c1-31-20-12-8-17(9-13-20)24(29)32-21-5-3-2-4-18(21)14-22-23(28)27(25(30)33-22)15-16-6-10-19(26)11-7-16/h2-14H,15H2,1H3/b22-14-. The Morgan fingerprint density at radius 2 is 1.70 bits per heavy atom. The molecule has 1 aliphatic heterocycles. The van der Waals surface area contributed by atoms with Gasteiger partial charge in [0.15, 0.2) is 0 Å². The maximum Gasteiger partial charge on any atom is 0.343 e. The molecule has 0 aromatic heterocycles. The predicted octanol–water partition coefficient (Wildman–Crippen LogP) is 5.91. The van der Waals surface area contributed by atoms with Crippen LogP contribution in [0.15, 0.2) is 82.2 Å². The summed E-state index contributed by atoms with van der Waals surface area (Å²) in [5.41, 5.74) is 1.73. The van der Waals surface area contributed by atoms with Crippen LogP contribution in [0.25, 0.3) is 6.08 Å². The lowest BCUT2D eigenvalue weighted by Gasteiger charge is -2.12. The van der Waals surface area contributed by atoms with E-state index in [9.17, 15) is 14.4 Å². The fraction of sp³-hybridized carbons (Fsp3) is 0.0800. The van der Waals surface area contributed by atoms with Crippen LogP contribution in [0, 0.1) is 0 Å². The van der Waals surface area contributed by atoms with Gasteiger partial charge in [0.1, 0.15) is 11.5 Å². The topological polar surface area (TPSA) is 72.9 Å². The Balaban J connectivity index is 1.53. The van der Waals surface area contributed by atoms with Crippen molar-refractivity contribution >= 4 is 50.9 Å². The molecule has 0 saturated carbocycles. The molecule has 1 saturated heterocycles. The molecule has 1 aliphatic rings. The van der Waals surface area contributed by atoms with Crippen molar-refractivity contribution in [2.45, 2.75) is 6.54 Å². The van der Waals surface area contributed by atoms with Crippen molar-refractivity contribution in [2.75, 3.05) is 7.11 Å². The van der Waals surface area contributed by atoms with Crippen LogP contribution in [-0.4, -0.2) is 29.1 Å². The van der Waals surface area contributed by atoms with E-state index in [-0.39, 0.29) is 28.3 Å². The Hall–Kier alpha value is -3.36. The van der Waals surface area contributed by atoms with Gasteiger partial charge in [-0.3, -0.25) is 14.5 Å². The molecule has 33 heavy (non-hydrogen) atoms. The first-order valence-corrected chi connectivity index (χ1v) is 11.5. The monoisotopic (exact) mass is 523 g/mol. The number of benzene rings is 3. The molecule has 6 nitrogen and oxygen atoms in total. The number of imide groups is 1. The third-order valence-corrected chi connectivity index (χ3v) is 6.30. The second-order valence-electron chi connectivity index (χ2n) is 7.05. The van der Waals surface area contributed by atoms with Gasteiger partial charge in [0.05, 0.1) is 24.1 Å². The van der Waals surface area contributed by atoms with Gasteiger partial charge in [0, 0.05) is 10.0 Å². The van der Waals surface area contributed by atoms with Gasteiger partial charge in [0.25, 0.3) is 11.1 Å². The molecule has 8 heteroatoms. The molecule has 0 radical (unpaired) electrons. The lowest BCUT2D eigenvalue weighted by molar-refractivity contribution is -0.123. The Labute approximate surface area is 203 Å². The van der Waals surface area contributed by atoms with Crippen LogP contribution in [-0.2, 0) is 11.3 Å². The maximum absolute atomic E-state index is 12.9. The van der Waals surface area contributed by atoms with E-state index in [1.807, 2.05) is 24.3 Å². The highest BCUT2D eigenvalue weighted by Crippen LogP contribution is 2.35. The molecule has 0 bridgehead atoms. The third-order valence-electron chi connectivity index (χ3n) is 4.86. The van der Waals surface area contributed by atoms with Crippen molar-refractivity contribution in [3.63, 3.8) is 0 Å². The summed E-state index contributed by atoms with van der Waals surface area (Å²) in [7, 11) is 1.55. The number of methoxy groups -OCH3 is 1. The van der Waals surface area contributed by atoms with E-state index in [0.717, 1.165) is 21.8 Å². The van der Waals surface area contributed by atoms with Crippen LogP contribution in [0.4, 0.5) is 4.79 Å². The van der Waals surface area contributed by atoms with Crippen molar-refractivity contribution in [2.24, 2.45) is 0 Å². The molecule has 166 valence electrons. The lowest BCUT2D eigenvalue weighted by Crippen LogP contribution is -2.27. The largest absolute Gasteiger partial charge is 0.497 e. The summed E-state index contributed by atoms with van der Waals surface area (Å²) in [6.07, 6.45) is 1.57. The first-order chi connectivity index (χ1) is 15.9. The Morgan fingerprint density at radius 3 is 2.39 bits per heavy atom. The summed E-state index contributed by atoms with van der Waals surface area (Å²) >= 11 is 4.23. The van der Waals surface area contributed by atoms with E-state index >= 15 is 0 Å². The number of para-hydroxylation sites is 1. The molecule has 0 N–H and O–H groups in total. The average molecular weight is 524 g/mol. The molecule has 3 aromatic carbocycles. The number of carbonyl (C=O) groups is 3. The highest BCUT2D eigenvalue weighted by molar-refractivity contribution is 9.10. The molecular formula is C25H18BrNO5S. The number of hydrogen-bond acceptors (Lipinski definition) is 6. The third kappa shape index (κ3) is 5.35. The van der Waals surface area contributed by atoms with Crippen molar-refractivity contribution in [3.05, 3.63) is 98.9 Å². The molecule has 3 aromatic rings. The molecule has 0 spiro atoms. The number of halogens is 1. The van der Waals surface area contributed by atoms with E-state index < -0.39 is 5.97 Å². The predicted molar refractivity (Wildman–Crippen MR) is 130 cm³/mol. The summed E-state index contributed by atoms with van der Waals surface area (Å²) in [5.74, 6) is -0.00473. The Bertz CT molecular complexity index is 1240. The van der Waals surface area contributed by atoms with E-state index in [1.165, 1.54) is 4.90 Å². The second kappa shape index (κ2) is 10.1. The highest BCUT2D eigenvalue weighted by Gasteiger charge is 2.35. The number of hydrogen-bond donors (Lipinski definition) is 0. The zero-order chi connectivity index (χ0) is 23.4. The molecule has 0 aliphatic carbocycles.